The summed E-state index contributed by atoms with van der Waals surface area (Å²) in [5.74, 6) is 0.927. The van der Waals surface area contributed by atoms with Crippen molar-refractivity contribution in [2.24, 2.45) is 0 Å². The molecule has 1 unspecified atom stereocenters. The summed E-state index contributed by atoms with van der Waals surface area (Å²) in [4.78, 5) is 1.31. The highest BCUT2D eigenvalue weighted by molar-refractivity contribution is 9.10. The summed E-state index contributed by atoms with van der Waals surface area (Å²) in [5.41, 5.74) is 1.05. The zero-order valence-electron chi connectivity index (χ0n) is 8.44. The van der Waals surface area contributed by atoms with Gasteiger partial charge in [-0.05, 0) is 29.6 Å². The molecule has 1 aromatic heterocycles. The molecule has 4 heteroatoms. The van der Waals surface area contributed by atoms with Crippen molar-refractivity contribution in [2.75, 3.05) is 11.9 Å². The van der Waals surface area contributed by atoms with Crippen LogP contribution >= 0.6 is 27.3 Å². The van der Waals surface area contributed by atoms with Crippen molar-refractivity contribution in [3.63, 3.8) is 0 Å². The van der Waals surface area contributed by atoms with Gasteiger partial charge in [-0.1, -0.05) is 22.0 Å². The highest BCUT2D eigenvalue weighted by Gasteiger charge is 2.20. The molecule has 1 aliphatic rings. The quantitative estimate of drug-likeness (QED) is 0.857. The lowest BCUT2D eigenvalue weighted by Crippen LogP contribution is -2.23. The predicted octanol–water partition coefficient (Wildman–Crippen LogP) is 4.06. The van der Waals surface area contributed by atoms with Gasteiger partial charge in [0.15, 0.2) is 0 Å². The van der Waals surface area contributed by atoms with Gasteiger partial charge >= 0.3 is 0 Å². The van der Waals surface area contributed by atoms with Crippen molar-refractivity contribution in [3.8, 4) is 5.75 Å². The second kappa shape index (κ2) is 4.11. The fraction of sp³-hybridized carbons (Fsp3) is 0.167. The van der Waals surface area contributed by atoms with Gasteiger partial charge in [-0.15, -0.1) is 11.3 Å². The van der Waals surface area contributed by atoms with E-state index in [1.165, 1.54) is 4.88 Å². The number of benzene rings is 1. The molecule has 1 atom stereocenters. The van der Waals surface area contributed by atoms with Crippen molar-refractivity contribution in [1.29, 1.82) is 0 Å². The van der Waals surface area contributed by atoms with Gasteiger partial charge in [0, 0.05) is 9.35 Å². The number of rotatable bonds is 1. The van der Waals surface area contributed by atoms with Gasteiger partial charge in [-0.25, -0.2) is 0 Å². The smallest absolute Gasteiger partial charge is 0.142 e. The number of anilines is 1. The molecule has 0 fully saturated rings. The number of halogens is 1. The average Bonchev–Trinajstić information content (AvgIpc) is 2.81. The van der Waals surface area contributed by atoms with Gasteiger partial charge in [-0.3, -0.25) is 0 Å². The van der Waals surface area contributed by atoms with Crippen molar-refractivity contribution in [2.45, 2.75) is 6.04 Å². The minimum absolute atomic E-state index is 0.266. The lowest BCUT2D eigenvalue weighted by molar-refractivity contribution is 0.288. The molecular formula is C12H10BrNOS. The molecule has 3 rings (SSSR count). The number of hydrogen-bond acceptors (Lipinski definition) is 3. The number of ether oxygens (including phenoxy) is 1. The third-order valence-corrected chi connectivity index (χ3v) is 4.04. The fourth-order valence-corrected chi connectivity index (χ4v) is 2.91. The summed E-state index contributed by atoms with van der Waals surface area (Å²) in [5, 5.41) is 5.59. The molecule has 0 aliphatic carbocycles. The lowest BCUT2D eigenvalue weighted by atomic mass is 10.2. The van der Waals surface area contributed by atoms with Crippen LogP contribution in [0, 0.1) is 0 Å². The van der Waals surface area contributed by atoms with Gasteiger partial charge < -0.3 is 10.1 Å². The van der Waals surface area contributed by atoms with E-state index in [2.05, 4.69) is 44.8 Å². The second-order valence-electron chi connectivity index (χ2n) is 3.66. The molecule has 82 valence electrons. The van der Waals surface area contributed by atoms with Crippen LogP contribution in [0.4, 0.5) is 5.69 Å². The Bertz CT molecular complexity index is 498. The molecule has 0 amide bonds. The number of thiophene rings is 1. The molecule has 1 N–H and O–H groups in total. The Balaban J connectivity index is 1.91. The zero-order valence-corrected chi connectivity index (χ0v) is 10.8. The zero-order chi connectivity index (χ0) is 11.0. The third kappa shape index (κ3) is 1.83. The van der Waals surface area contributed by atoms with Crippen LogP contribution in [0.5, 0.6) is 5.75 Å². The SMILES string of the molecule is Brc1ccc2c(c1)NC(c1cccs1)CO2. The minimum Gasteiger partial charge on any atom is -0.489 e. The first-order valence-electron chi connectivity index (χ1n) is 5.05. The number of fused-ring (bicyclic) bond motifs is 1. The summed E-state index contributed by atoms with van der Waals surface area (Å²) >= 11 is 5.22. The summed E-state index contributed by atoms with van der Waals surface area (Å²) in [6, 6.07) is 10.5. The van der Waals surface area contributed by atoms with E-state index in [0.717, 1.165) is 15.9 Å². The standard InChI is InChI=1S/C12H10BrNOS/c13-8-3-4-11-9(6-8)14-10(7-15-11)12-2-1-5-16-12/h1-6,10,14H,7H2. The van der Waals surface area contributed by atoms with E-state index in [1.807, 2.05) is 12.1 Å². The number of nitrogens with one attached hydrogen (secondary N) is 1. The van der Waals surface area contributed by atoms with Crippen LogP contribution in [-0.4, -0.2) is 6.61 Å². The topological polar surface area (TPSA) is 21.3 Å². The van der Waals surface area contributed by atoms with Crippen LogP contribution in [0.1, 0.15) is 10.9 Å². The van der Waals surface area contributed by atoms with Crippen LogP contribution in [0.2, 0.25) is 0 Å². The first-order valence-corrected chi connectivity index (χ1v) is 6.72. The van der Waals surface area contributed by atoms with Crippen molar-refractivity contribution in [1.82, 2.24) is 0 Å². The molecule has 1 aromatic carbocycles. The van der Waals surface area contributed by atoms with Gasteiger partial charge in [0.2, 0.25) is 0 Å². The molecule has 1 aliphatic heterocycles. The van der Waals surface area contributed by atoms with Gasteiger partial charge in [0.05, 0.1) is 11.7 Å². The maximum Gasteiger partial charge on any atom is 0.142 e. The van der Waals surface area contributed by atoms with E-state index >= 15 is 0 Å². The van der Waals surface area contributed by atoms with Crippen LogP contribution in [-0.2, 0) is 0 Å². The first-order chi connectivity index (χ1) is 7.83. The Morgan fingerprint density at radius 2 is 2.31 bits per heavy atom. The Hall–Kier alpha value is -1.00. The molecule has 0 radical (unpaired) electrons. The lowest BCUT2D eigenvalue weighted by Gasteiger charge is -2.26. The summed E-state index contributed by atoms with van der Waals surface area (Å²) < 4.78 is 6.80. The van der Waals surface area contributed by atoms with Crippen molar-refractivity contribution >= 4 is 33.0 Å². The Morgan fingerprint density at radius 1 is 1.38 bits per heavy atom. The van der Waals surface area contributed by atoms with E-state index < -0.39 is 0 Å². The van der Waals surface area contributed by atoms with E-state index in [9.17, 15) is 0 Å². The van der Waals surface area contributed by atoms with E-state index in [-0.39, 0.29) is 6.04 Å². The molecule has 2 aromatic rings. The molecule has 0 spiro atoms. The normalized spacial score (nSPS) is 18.4. The second-order valence-corrected chi connectivity index (χ2v) is 5.56. The predicted molar refractivity (Wildman–Crippen MR) is 70.3 cm³/mol. The van der Waals surface area contributed by atoms with Gasteiger partial charge in [-0.2, -0.15) is 0 Å². The summed E-state index contributed by atoms with van der Waals surface area (Å²) in [7, 11) is 0. The van der Waals surface area contributed by atoms with Crippen LogP contribution in [0.25, 0.3) is 0 Å². The minimum atomic E-state index is 0.266. The van der Waals surface area contributed by atoms with Crippen LogP contribution in [0.15, 0.2) is 40.2 Å². The van der Waals surface area contributed by atoms with Crippen molar-refractivity contribution in [3.05, 3.63) is 45.1 Å². The Kier molecular flexibility index (Phi) is 2.61. The molecule has 0 bridgehead atoms. The Morgan fingerprint density at radius 3 is 3.12 bits per heavy atom. The molecular weight excluding hydrogens is 286 g/mol. The number of hydrogen-bond donors (Lipinski definition) is 1. The van der Waals surface area contributed by atoms with Gasteiger partial charge in [0.25, 0.3) is 0 Å². The van der Waals surface area contributed by atoms with E-state index in [1.54, 1.807) is 11.3 Å². The summed E-state index contributed by atoms with van der Waals surface area (Å²) in [6.45, 7) is 0.690. The molecule has 2 nitrogen and oxygen atoms in total. The first kappa shape index (κ1) is 10.2. The molecule has 0 saturated heterocycles. The summed E-state index contributed by atoms with van der Waals surface area (Å²) in [6.07, 6.45) is 0. The van der Waals surface area contributed by atoms with Crippen LogP contribution in [0.3, 0.4) is 0 Å². The Labute approximate surface area is 106 Å². The molecule has 2 heterocycles. The van der Waals surface area contributed by atoms with Gasteiger partial charge in [0.1, 0.15) is 12.4 Å². The monoisotopic (exact) mass is 295 g/mol. The molecule has 16 heavy (non-hydrogen) atoms. The average molecular weight is 296 g/mol. The maximum absolute atomic E-state index is 5.74. The largest absolute Gasteiger partial charge is 0.489 e. The highest BCUT2D eigenvalue weighted by Crippen LogP contribution is 2.36. The van der Waals surface area contributed by atoms with E-state index in [0.29, 0.717) is 6.61 Å². The van der Waals surface area contributed by atoms with E-state index in [4.69, 9.17) is 4.74 Å². The fourth-order valence-electron chi connectivity index (χ4n) is 1.79. The maximum atomic E-state index is 5.74. The van der Waals surface area contributed by atoms with Crippen LogP contribution < -0.4 is 10.1 Å². The molecule has 0 saturated carbocycles. The highest BCUT2D eigenvalue weighted by atomic mass is 79.9. The third-order valence-electron chi connectivity index (χ3n) is 2.56. The van der Waals surface area contributed by atoms with Crippen molar-refractivity contribution < 1.29 is 4.74 Å².